The third kappa shape index (κ3) is 8.02. The van der Waals surface area contributed by atoms with Crippen LogP contribution in [0.15, 0.2) is 29.3 Å². The Morgan fingerprint density at radius 1 is 1.26 bits per heavy atom. The lowest BCUT2D eigenvalue weighted by Gasteiger charge is -2.27. The van der Waals surface area contributed by atoms with Gasteiger partial charge in [-0.25, -0.2) is 4.39 Å². The molecule has 0 spiro atoms. The molecule has 1 aliphatic rings. The number of hydrogen-bond acceptors (Lipinski definition) is 2. The van der Waals surface area contributed by atoms with Crippen molar-refractivity contribution in [2.45, 2.75) is 57.4 Å². The summed E-state index contributed by atoms with van der Waals surface area (Å²) < 4.78 is 13.5. The number of carbonyl (C=O) groups is 1. The summed E-state index contributed by atoms with van der Waals surface area (Å²) in [7, 11) is 1.70. The minimum atomic E-state index is -0.250. The van der Waals surface area contributed by atoms with Gasteiger partial charge >= 0.3 is 0 Å². The second-order valence-corrected chi connectivity index (χ2v) is 7.55. The van der Waals surface area contributed by atoms with Crippen molar-refractivity contribution in [1.82, 2.24) is 16.0 Å². The Morgan fingerprint density at radius 2 is 1.96 bits per heavy atom. The lowest BCUT2D eigenvalue weighted by atomic mass is 9.84. The number of nitrogens with zero attached hydrogens (tertiary/aromatic N) is 1. The van der Waals surface area contributed by atoms with Gasteiger partial charge in [-0.1, -0.05) is 38.8 Å². The molecule has 0 saturated heterocycles. The standard InChI is InChI=1S/C20H31FN4O.HI/c1-20(2,15-7-6-8-16(21)13-15)14-24-19(22-3)23-12-11-18(26)25-17-9-4-5-10-17;/h6-8,13,17H,4-5,9-12,14H2,1-3H3,(H,25,26)(H2,22,23,24);1H. The Kier molecular flexibility index (Phi) is 10.0. The quantitative estimate of drug-likeness (QED) is 0.312. The van der Waals surface area contributed by atoms with E-state index in [1.54, 1.807) is 19.2 Å². The molecule has 5 nitrogen and oxygen atoms in total. The van der Waals surface area contributed by atoms with Crippen LogP contribution in [0.3, 0.4) is 0 Å². The highest BCUT2D eigenvalue weighted by Gasteiger charge is 2.21. The summed E-state index contributed by atoms with van der Waals surface area (Å²) in [6.07, 6.45) is 5.03. The summed E-state index contributed by atoms with van der Waals surface area (Å²) in [5.74, 6) is 0.495. The van der Waals surface area contributed by atoms with Crippen LogP contribution in [0.4, 0.5) is 4.39 Å². The van der Waals surface area contributed by atoms with Crippen molar-refractivity contribution < 1.29 is 9.18 Å². The van der Waals surface area contributed by atoms with Crippen molar-refractivity contribution in [2.75, 3.05) is 20.1 Å². The van der Waals surface area contributed by atoms with E-state index in [0.717, 1.165) is 18.4 Å². The highest BCUT2D eigenvalue weighted by atomic mass is 127. The van der Waals surface area contributed by atoms with Crippen LogP contribution in [-0.2, 0) is 10.2 Å². The van der Waals surface area contributed by atoms with Crippen LogP contribution in [0.1, 0.15) is 51.5 Å². The van der Waals surface area contributed by atoms with E-state index in [-0.39, 0.29) is 41.1 Å². The summed E-state index contributed by atoms with van der Waals surface area (Å²) in [5.41, 5.74) is 0.677. The summed E-state index contributed by atoms with van der Waals surface area (Å²) in [6, 6.07) is 7.01. The number of amides is 1. The smallest absolute Gasteiger partial charge is 0.221 e. The summed E-state index contributed by atoms with van der Waals surface area (Å²) in [5, 5.41) is 9.50. The first kappa shape index (κ1) is 23.7. The molecule has 3 N–H and O–H groups in total. The van der Waals surface area contributed by atoms with Gasteiger partial charge < -0.3 is 16.0 Å². The van der Waals surface area contributed by atoms with Crippen LogP contribution in [0.2, 0.25) is 0 Å². The Bertz CT molecular complexity index is 630. The van der Waals surface area contributed by atoms with Crippen molar-refractivity contribution in [1.29, 1.82) is 0 Å². The molecule has 0 atom stereocenters. The maximum absolute atomic E-state index is 13.5. The van der Waals surface area contributed by atoms with Gasteiger partial charge in [-0.05, 0) is 30.5 Å². The van der Waals surface area contributed by atoms with Crippen molar-refractivity contribution in [2.24, 2.45) is 4.99 Å². The fourth-order valence-corrected chi connectivity index (χ4v) is 3.20. The molecule has 1 aromatic rings. The first-order valence-corrected chi connectivity index (χ1v) is 9.40. The van der Waals surface area contributed by atoms with Gasteiger partial charge in [-0.2, -0.15) is 0 Å². The number of benzene rings is 1. The fourth-order valence-electron chi connectivity index (χ4n) is 3.20. The zero-order valence-electron chi connectivity index (χ0n) is 16.5. The number of guanidine groups is 1. The second-order valence-electron chi connectivity index (χ2n) is 7.55. The largest absolute Gasteiger partial charge is 0.356 e. The number of rotatable bonds is 7. The molecule has 1 aromatic carbocycles. The molecule has 0 aliphatic heterocycles. The minimum Gasteiger partial charge on any atom is -0.356 e. The average molecular weight is 490 g/mol. The SMILES string of the molecule is CN=C(NCCC(=O)NC1CCCC1)NCC(C)(C)c1cccc(F)c1.I. The monoisotopic (exact) mass is 490 g/mol. The molecule has 0 aromatic heterocycles. The van der Waals surface area contributed by atoms with E-state index in [0.29, 0.717) is 31.5 Å². The number of hydrogen-bond donors (Lipinski definition) is 3. The van der Waals surface area contributed by atoms with E-state index in [2.05, 4.69) is 34.8 Å². The topological polar surface area (TPSA) is 65.5 Å². The van der Waals surface area contributed by atoms with E-state index in [1.165, 1.54) is 18.9 Å². The molecule has 0 heterocycles. The Morgan fingerprint density at radius 3 is 2.59 bits per heavy atom. The first-order chi connectivity index (χ1) is 12.4. The van der Waals surface area contributed by atoms with Crippen LogP contribution in [0.25, 0.3) is 0 Å². The van der Waals surface area contributed by atoms with Gasteiger partial charge in [0.2, 0.25) is 5.91 Å². The van der Waals surface area contributed by atoms with Gasteiger partial charge in [0.15, 0.2) is 5.96 Å². The van der Waals surface area contributed by atoms with Crippen LogP contribution in [0, 0.1) is 5.82 Å². The number of halogens is 2. The number of aliphatic imine (C=N–C) groups is 1. The minimum absolute atomic E-state index is 0. The summed E-state index contributed by atoms with van der Waals surface area (Å²) in [6.45, 7) is 5.23. The van der Waals surface area contributed by atoms with Crippen molar-refractivity contribution in [3.8, 4) is 0 Å². The highest BCUT2D eigenvalue weighted by Crippen LogP contribution is 2.22. The molecule has 1 aliphatic carbocycles. The Labute approximate surface area is 179 Å². The fraction of sp³-hybridized carbons (Fsp3) is 0.600. The van der Waals surface area contributed by atoms with E-state index in [1.807, 2.05) is 6.07 Å². The van der Waals surface area contributed by atoms with Gasteiger partial charge in [-0.3, -0.25) is 9.79 Å². The van der Waals surface area contributed by atoms with Crippen LogP contribution in [-0.4, -0.2) is 38.0 Å². The van der Waals surface area contributed by atoms with Crippen molar-refractivity contribution in [3.05, 3.63) is 35.6 Å². The summed E-state index contributed by atoms with van der Waals surface area (Å²) in [4.78, 5) is 16.1. The predicted molar refractivity (Wildman–Crippen MR) is 119 cm³/mol. The molecule has 0 unspecified atom stereocenters. The second kappa shape index (κ2) is 11.5. The van der Waals surface area contributed by atoms with Crippen LogP contribution in [0.5, 0.6) is 0 Å². The molecule has 27 heavy (non-hydrogen) atoms. The van der Waals surface area contributed by atoms with Crippen molar-refractivity contribution in [3.63, 3.8) is 0 Å². The third-order valence-electron chi connectivity index (χ3n) is 4.89. The lowest BCUT2D eigenvalue weighted by Crippen LogP contribution is -2.44. The highest BCUT2D eigenvalue weighted by molar-refractivity contribution is 14.0. The van der Waals surface area contributed by atoms with E-state index in [4.69, 9.17) is 0 Å². The molecular formula is C20H32FIN4O. The average Bonchev–Trinajstić information content (AvgIpc) is 3.10. The maximum atomic E-state index is 13.5. The van der Waals surface area contributed by atoms with Gasteiger partial charge in [0, 0.05) is 38.0 Å². The maximum Gasteiger partial charge on any atom is 0.221 e. The van der Waals surface area contributed by atoms with Gasteiger partial charge in [0.05, 0.1) is 0 Å². The molecular weight excluding hydrogens is 458 g/mol. The molecule has 2 rings (SSSR count). The molecule has 152 valence electrons. The third-order valence-corrected chi connectivity index (χ3v) is 4.89. The van der Waals surface area contributed by atoms with Crippen LogP contribution >= 0.6 is 24.0 Å². The zero-order valence-corrected chi connectivity index (χ0v) is 18.8. The van der Waals surface area contributed by atoms with E-state index < -0.39 is 0 Å². The number of nitrogens with one attached hydrogen (secondary N) is 3. The molecule has 0 bridgehead atoms. The van der Waals surface area contributed by atoms with Gasteiger partial charge in [-0.15, -0.1) is 24.0 Å². The Balaban J connectivity index is 0.00000364. The molecule has 1 amide bonds. The number of carbonyl (C=O) groups excluding carboxylic acids is 1. The first-order valence-electron chi connectivity index (χ1n) is 9.40. The summed E-state index contributed by atoms with van der Waals surface area (Å²) >= 11 is 0. The predicted octanol–water partition coefficient (Wildman–Crippen LogP) is 3.34. The van der Waals surface area contributed by atoms with Crippen molar-refractivity contribution >= 4 is 35.8 Å². The normalized spacial score (nSPS) is 15.2. The zero-order chi connectivity index (χ0) is 19.0. The molecule has 1 fully saturated rings. The molecule has 7 heteroatoms. The van der Waals surface area contributed by atoms with Gasteiger partial charge in [0.1, 0.15) is 5.82 Å². The molecule has 1 saturated carbocycles. The van der Waals surface area contributed by atoms with E-state index >= 15 is 0 Å². The van der Waals surface area contributed by atoms with E-state index in [9.17, 15) is 9.18 Å². The molecule has 0 radical (unpaired) electrons. The Hall–Kier alpha value is -1.38. The van der Waals surface area contributed by atoms with Gasteiger partial charge in [0.25, 0.3) is 0 Å². The lowest BCUT2D eigenvalue weighted by molar-refractivity contribution is -0.121. The van der Waals surface area contributed by atoms with Crippen LogP contribution < -0.4 is 16.0 Å².